The Morgan fingerprint density at radius 3 is 2.75 bits per heavy atom. The van der Waals surface area contributed by atoms with Crippen LogP contribution in [-0.4, -0.2) is 25.3 Å². The Balaban J connectivity index is 1.64. The first kappa shape index (κ1) is 14.6. The van der Waals surface area contributed by atoms with Crippen LogP contribution in [0.2, 0.25) is 0 Å². The van der Waals surface area contributed by atoms with Gasteiger partial charge in [0, 0.05) is 0 Å². The van der Waals surface area contributed by atoms with Crippen molar-refractivity contribution in [1.29, 1.82) is 0 Å². The Kier molecular flexibility index (Phi) is 3.41. The normalized spacial score (nSPS) is 14.0. The Morgan fingerprint density at radius 2 is 2.04 bits per heavy atom. The monoisotopic (exact) mass is 323 g/mol. The van der Waals surface area contributed by atoms with E-state index in [1.807, 2.05) is 30.3 Å². The number of hydrogen-bond donors (Lipinski definition) is 1. The third kappa shape index (κ3) is 2.58. The van der Waals surface area contributed by atoms with Gasteiger partial charge in [-0.2, -0.15) is 5.10 Å². The van der Waals surface area contributed by atoms with Crippen molar-refractivity contribution in [2.45, 2.75) is 32.2 Å². The molecule has 0 bridgehead atoms. The molecule has 2 aromatic heterocycles. The predicted octanol–water partition coefficient (Wildman–Crippen LogP) is 1.55. The lowest BCUT2D eigenvalue weighted by Crippen LogP contribution is -2.36. The molecule has 1 amide bonds. The van der Waals surface area contributed by atoms with Gasteiger partial charge in [0.1, 0.15) is 11.2 Å². The van der Waals surface area contributed by atoms with Gasteiger partial charge in [0.25, 0.3) is 5.56 Å². The number of aromatic nitrogens is 4. The summed E-state index contributed by atoms with van der Waals surface area (Å²) in [5.41, 5.74) is 3.82. The third-order valence-corrected chi connectivity index (χ3v) is 4.13. The summed E-state index contributed by atoms with van der Waals surface area (Å²) < 4.78 is 3.01. The molecule has 0 spiro atoms. The number of rotatable bonds is 4. The van der Waals surface area contributed by atoms with Gasteiger partial charge in [-0.15, -0.1) is 0 Å². The van der Waals surface area contributed by atoms with Crippen molar-refractivity contribution in [1.82, 2.24) is 19.4 Å². The van der Waals surface area contributed by atoms with Gasteiger partial charge in [-0.3, -0.25) is 15.0 Å². The van der Waals surface area contributed by atoms with E-state index in [1.165, 1.54) is 10.9 Å². The van der Waals surface area contributed by atoms with Crippen molar-refractivity contribution in [2.75, 3.05) is 5.43 Å². The summed E-state index contributed by atoms with van der Waals surface area (Å²) in [6.45, 7) is 1.70. The molecule has 0 aliphatic heterocycles. The van der Waals surface area contributed by atoms with Crippen LogP contribution in [0.25, 0.3) is 11.0 Å². The fourth-order valence-electron chi connectivity index (χ4n) is 2.75. The highest BCUT2D eigenvalue weighted by Crippen LogP contribution is 2.35. The largest absolute Gasteiger partial charge is 0.283 e. The van der Waals surface area contributed by atoms with E-state index < -0.39 is 0 Å². The highest BCUT2D eigenvalue weighted by atomic mass is 16.2. The maximum absolute atomic E-state index is 12.6. The maximum Gasteiger partial charge on any atom is 0.283 e. The molecular formula is C17H17N5O2. The van der Waals surface area contributed by atoms with Crippen LogP contribution < -0.4 is 11.0 Å². The zero-order chi connectivity index (χ0) is 16.7. The number of carbonyl (C=O) groups is 1. The molecule has 0 atom stereocenters. The molecule has 1 aromatic carbocycles. The first-order valence-electron chi connectivity index (χ1n) is 7.94. The number of nitrogens with zero attached hydrogens (tertiary/aromatic N) is 4. The molecule has 1 fully saturated rings. The maximum atomic E-state index is 12.6. The minimum atomic E-state index is -0.300. The SMILES string of the molecule is Cc1nc2c(cnn2C2CC2)c(=O)n1NC(=O)Cc1ccccc1. The van der Waals surface area contributed by atoms with E-state index >= 15 is 0 Å². The first-order valence-corrected chi connectivity index (χ1v) is 7.94. The Morgan fingerprint density at radius 1 is 1.29 bits per heavy atom. The van der Waals surface area contributed by atoms with Gasteiger partial charge in [-0.1, -0.05) is 30.3 Å². The Hall–Kier alpha value is -2.96. The molecule has 7 nitrogen and oxygen atoms in total. The molecule has 1 N–H and O–H groups in total. The van der Waals surface area contributed by atoms with E-state index in [0.717, 1.165) is 18.4 Å². The quantitative estimate of drug-likeness (QED) is 0.790. The summed E-state index contributed by atoms with van der Waals surface area (Å²) in [5, 5.41) is 4.70. The molecule has 2 heterocycles. The Labute approximate surface area is 137 Å². The van der Waals surface area contributed by atoms with Crippen LogP contribution in [0.3, 0.4) is 0 Å². The molecular weight excluding hydrogens is 306 g/mol. The van der Waals surface area contributed by atoms with E-state index in [2.05, 4.69) is 15.5 Å². The lowest BCUT2D eigenvalue weighted by Gasteiger charge is -2.11. The summed E-state index contributed by atoms with van der Waals surface area (Å²) in [6.07, 6.45) is 3.86. The fourth-order valence-corrected chi connectivity index (χ4v) is 2.75. The molecule has 1 saturated carbocycles. The van der Waals surface area contributed by atoms with Gasteiger partial charge in [0.05, 0.1) is 18.7 Å². The number of amides is 1. The molecule has 122 valence electrons. The van der Waals surface area contributed by atoms with Crippen LogP contribution >= 0.6 is 0 Å². The highest BCUT2D eigenvalue weighted by molar-refractivity contribution is 5.86. The molecule has 0 unspecified atom stereocenters. The lowest BCUT2D eigenvalue weighted by atomic mass is 10.1. The van der Waals surface area contributed by atoms with Gasteiger partial charge in [0.15, 0.2) is 5.65 Å². The van der Waals surface area contributed by atoms with Crippen LogP contribution in [-0.2, 0) is 11.2 Å². The van der Waals surface area contributed by atoms with Crippen LogP contribution in [0.4, 0.5) is 0 Å². The smallest absolute Gasteiger partial charge is 0.273 e. The Bertz CT molecular complexity index is 970. The van der Waals surface area contributed by atoms with E-state index in [-0.39, 0.29) is 17.9 Å². The van der Waals surface area contributed by atoms with Crippen molar-refractivity contribution in [3.63, 3.8) is 0 Å². The van der Waals surface area contributed by atoms with Crippen molar-refractivity contribution in [3.05, 3.63) is 58.3 Å². The molecule has 0 radical (unpaired) electrons. The van der Waals surface area contributed by atoms with E-state index in [4.69, 9.17) is 0 Å². The average molecular weight is 323 g/mol. The topological polar surface area (TPSA) is 81.8 Å². The van der Waals surface area contributed by atoms with Gasteiger partial charge in [-0.25, -0.2) is 14.3 Å². The molecule has 1 aliphatic rings. The number of fused-ring (bicyclic) bond motifs is 1. The van der Waals surface area contributed by atoms with E-state index in [9.17, 15) is 9.59 Å². The second kappa shape index (κ2) is 5.59. The molecule has 1 aliphatic carbocycles. The summed E-state index contributed by atoms with van der Waals surface area (Å²) in [6, 6.07) is 9.73. The number of aryl methyl sites for hydroxylation is 1. The molecule has 24 heavy (non-hydrogen) atoms. The minimum absolute atomic E-state index is 0.200. The number of benzene rings is 1. The second-order valence-corrected chi connectivity index (χ2v) is 6.05. The zero-order valence-corrected chi connectivity index (χ0v) is 13.3. The van der Waals surface area contributed by atoms with Crippen molar-refractivity contribution >= 4 is 16.9 Å². The highest BCUT2D eigenvalue weighted by Gasteiger charge is 2.27. The summed E-state index contributed by atoms with van der Waals surface area (Å²) in [5.74, 6) is 0.179. The van der Waals surface area contributed by atoms with Gasteiger partial charge in [0.2, 0.25) is 5.91 Å². The third-order valence-electron chi connectivity index (χ3n) is 4.13. The van der Waals surface area contributed by atoms with E-state index in [1.54, 1.807) is 11.6 Å². The van der Waals surface area contributed by atoms with Crippen molar-refractivity contribution in [3.8, 4) is 0 Å². The second-order valence-electron chi connectivity index (χ2n) is 6.05. The van der Waals surface area contributed by atoms with Crippen LogP contribution in [0, 0.1) is 6.92 Å². The van der Waals surface area contributed by atoms with Gasteiger partial charge in [-0.05, 0) is 25.3 Å². The summed E-state index contributed by atoms with van der Waals surface area (Å²) in [7, 11) is 0. The van der Waals surface area contributed by atoms with Crippen molar-refractivity contribution < 1.29 is 4.79 Å². The summed E-state index contributed by atoms with van der Waals surface area (Å²) in [4.78, 5) is 29.3. The zero-order valence-electron chi connectivity index (χ0n) is 13.3. The average Bonchev–Trinajstić information content (AvgIpc) is 3.33. The number of nitrogens with one attached hydrogen (secondary N) is 1. The van der Waals surface area contributed by atoms with Crippen LogP contribution in [0.15, 0.2) is 41.3 Å². The van der Waals surface area contributed by atoms with Crippen LogP contribution in [0.5, 0.6) is 0 Å². The first-order chi connectivity index (χ1) is 11.6. The van der Waals surface area contributed by atoms with Gasteiger partial charge < -0.3 is 0 Å². The van der Waals surface area contributed by atoms with E-state index in [0.29, 0.717) is 22.9 Å². The molecule has 4 rings (SSSR count). The fraction of sp³-hybridized carbons (Fsp3) is 0.294. The number of hydrogen-bond acceptors (Lipinski definition) is 4. The predicted molar refractivity (Wildman–Crippen MR) is 89.3 cm³/mol. The van der Waals surface area contributed by atoms with Crippen molar-refractivity contribution in [2.24, 2.45) is 0 Å². The lowest BCUT2D eigenvalue weighted by molar-refractivity contribution is -0.116. The standard InChI is InChI=1S/C17H17N5O2/c1-11-19-16-14(10-18-22(16)13-7-8-13)17(24)21(11)20-15(23)9-12-5-3-2-4-6-12/h2-6,10,13H,7-9H2,1H3,(H,20,23). The molecule has 0 saturated heterocycles. The van der Waals surface area contributed by atoms with Gasteiger partial charge >= 0.3 is 0 Å². The van der Waals surface area contributed by atoms with Crippen LogP contribution in [0.1, 0.15) is 30.3 Å². The molecule has 7 heteroatoms. The summed E-state index contributed by atoms with van der Waals surface area (Å²) >= 11 is 0. The number of carbonyl (C=O) groups excluding carboxylic acids is 1. The minimum Gasteiger partial charge on any atom is -0.273 e. The molecule has 3 aromatic rings.